The first-order chi connectivity index (χ1) is 7.27. The highest BCUT2D eigenvalue weighted by molar-refractivity contribution is 7.71. The number of hydrogen-bond donors (Lipinski definition) is 1. The monoisotopic (exact) mass is 239 g/mol. The number of rotatable bonds is 3. The molecule has 1 aromatic rings. The first kappa shape index (κ1) is 13.5. The maximum atomic E-state index is 13.1. The highest BCUT2D eigenvalue weighted by Crippen LogP contribution is 2.53. The van der Waals surface area contributed by atoms with Gasteiger partial charge in [-0.25, -0.2) is 0 Å². The molecule has 0 spiro atoms. The van der Waals surface area contributed by atoms with Gasteiger partial charge in [0.25, 0.3) is 0 Å². The lowest BCUT2D eigenvalue weighted by Crippen LogP contribution is -2.35. The Kier molecular flexibility index (Phi) is 3.98. The topological polar surface area (TPSA) is 29.1 Å². The zero-order valence-electron chi connectivity index (χ0n) is 10.8. The molecule has 0 saturated heterocycles. The molecule has 1 N–H and O–H groups in total. The van der Waals surface area contributed by atoms with Gasteiger partial charge in [-0.15, -0.1) is 0 Å². The van der Waals surface area contributed by atoms with E-state index in [4.69, 9.17) is 0 Å². The predicted octanol–water partition coefficient (Wildman–Crippen LogP) is 3.39. The lowest BCUT2D eigenvalue weighted by atomic mass is 10.3. The van der Waals surface area contributed by atoms with Crippen LogP contribution in [0.1, 0.15) is 34.6 Å². The Morgan fingerprint density at radius 1 is 1.12 bits per heavy atom. The second kappa shape index (κ2) is 4.73. The molecule has 0 amide bonds. The van der Waals surface area contributed by atoms with Crippen LogP contribution < -0.4 is 10.4 Å². The molecular formula is C13H22NOP. The Bertz CT molecular complexity index is 379. The molecule has 0 aromatic heterocycles. The summed E-state index contributed by atoms with van der Waals surface area (Å²) in [6.07, 6.45) is 0. The summed E-state index contributed by atoms with van der Waals surface area (Å²) in [5, 5.41) is 3.92. The van der Waals surface area contributed by atoms with Gasteiger partial charge in [-0.2, -0.15) is 0 Å². The van der Waals surface area contributed by atoms with E-state index in [1.54, 1.807) is 0 Å². The minimum absolute atomic E-state index is 0.213. The van der Waals surface area contributed by atoms with Crippen molar-refractivity contribution >= 4 is 12.6 Å². The molecule has 0 unspecified atom stereocenters. The lowest BCUT2D eigenvalue weighted by molar-refractivity contribution is 0.535. The quantitative estimate of drug-likeness (QED) is 0.819. The van der Waals surface area contributed by atoms with Gasteiger partial charge in [-0.05, 0) is 13.8 Å². The molecule has 0 aliphatic heterocycles. The molecule has 0 saturated carbocycles. The summed E-state index contributed by atoms with van der Waals surface area (Å²) in [4.78, 5) is 0. The van der Waals surface area contributed by atoms with Crippen molar-refractivity contribution in [3.63, 3.8) is 0 Å². The van der Waals surface area contributed by atoms with Crippen LogP contribution in [0.3, 0.4) is 0 Å². The number of hydrogen-bond acceptors (Lipinski definition) is 1. The minimum atomic E-state index is -2.56. The van der Waals surface area contributed by atoms with Crippen molar-refractivity contribution in [2.24, 2.45) is 0 Å². The van der Waals surface area contributed by atoms with Gasteiger partial charge in [-0.1, -0.05) is 51.1 Å². The van der Waals surface area contributed by atoms with E-state index in [9.17, 15) is 4.57 Å². The van der Waals surface area contributed by atoms with Crippen molar-refractivity contribution in [2.75, 3.05) is 0 Å². The van der Waals surface area contributed by atoms with Crippen molar-refractivity contribution in [1.82, 2.24) is 5.09 Å². The lowest BCUT2D eigenvalue weighted by Gasteiger charge is -2.33. The molecule has 0 bridgehead atoms. The first-order valence-electron chi connectivity index (χ1n) is 5.71. The molecule has 1 aromatic carbocycles. The van der Waals surface area contributed by atoms with E-state index < -0.39 is 7.29 Å². The summed E-state index contributed by atoms with van der Waals surface area (Å²) in [6, 6.07) is 9.94. The van der Waals surface area contributed by atoms with Crippen LogP contribution in [0.25, 0.3) is 0 Å². The zero-order chi connectivity index (χ0) is 12.4. The van der Waals surface area contributed by atoms with Crippen LogP contribution in [-0.4, -0.2) is 11.2 Å². The predicted molar refractivity (Wildman–Crippen MR) is 71.7 cm³/mol. The molecule has 0 fully saturated rings. The van der Waals surface area contributed by atoms with Gasteiger partial charge in [0.2, 0.25) is 0 Å². The molecular weight excluding hydrogens is 217 g/mol. The van der Waals surface area contributed by atoms with Crippen LogP contribution in [0, 0.1) is 0 Å². The average Bonchev–Trinajstić information content (AvgIpc) is 2.16. The molecule has 2 nitrogen and oxygen atoms in total. The van der Waals surface area contributed by atoms with E-state index >= 15 is 0 Å². The molecule has 0 radical (unpaired) electrons. The van der Waals surface area contributed by atoms with E-state index in [0.717, 1.165) is 5.30 Å². The highest BCUT2D eigenvalue weighted by atomic mass is 31.2. The Balaban J connectivity index is 3.22. The fraction of sp³-hybridized carbons (Fsp3) is 0.538. The highest BCUT2D eigenvalue weighted by Gasteiger charge is 2.38. The van der Waals surface area contributed by atoms with Crippen LogP contribution in [-0.2, 0) is 4.57 Å². The van der Waals surface area contributed by atoms with Gasteiger partial charge in [0, 0.05) is 16.5 Å². The summed E-state index contributed by atoms with van der Waals surface area (Å²) in [5.74, 6) is 0. The average molecular weight is 239 g/mol. The van der Waals surface area contributed by atoms with E-state index in [-0.39, 0.29) is 11.2 Å². The molecule has 0 heterocycles. The SMILES string of the molecule is CC(C)N[P@@](=O)(c1ccccc1)C(C)(C)C. The molecule has 16 heavy (non-hydrogen) atoms. The third-order valence-corrected chi connectivity index (χ3v) is 6.30. The summed E-state index contributed by atoms with van der Waals surface area (Å²) >= 11 is 0. The second-order valence-corrected chi connectivity index (χ2v) is 8.73. The summed E-state index contributed by atoms with van der Waals surface area (Å²) in [5.41, 5.74) is 0. The second-order valence-electron chi connectivity index (χ2n) is 5.40. The van der Waals surface area contributed by atoms with E-state index in [1.807, 2.05) is 65.0 Å². The van der Waals surface area contributed by atoms with Crippen molar-refractivity contribution in [3.8, 4) is 0 Å². The minimum Gasteiger partial charge on any atom is -0.301 e. The summed E-state index contributed by atoms with van der Waals surface area (Å²) in [6.45, 7) is 10.1. The molecule has 0 aliphatic rings. The maximum Gasteiger partial charge on any atom is 0.181 e. The molecule has 3 heteroatoms. The van der Waals surface area contributed by atoms with Gasteiger partial charge >= 0.3 is 0 Å². The van der Waals surface area contributed by atoms with Gasteiger partial charge in [0.15, 0.2) is 7.29 Å². The van der Waals surface area contributed by atoms with Crippen molar-refractivity contribution < 1.29 is 4.57 Å². The maximum absolute atomic E-state index is 13.1. The van der Waals surface area contributed by atoms with E-state index in [2.05, 4.69) is 5.09 Å². The zero-order valence-corrected chi connectivity index (χ0v) is 11.7. The third-order valence-electron chi connectivity index (χ3n) is 2.50. The Morgan fingerprint density at radius 3 is 2.00 bits per heavy atom. The summed E-state index contributed by atoms with van der Waals surface area (Å²) < 4.78 is 13.1. The van der Waals surface area contributed by atoms with Crippen LogP contribution in [0.15, 0.2) is 30.3 Å². The fourth-order valence-electron chi connectivity index (χ4n) is 1.66. The Hall–Kier alpha value is -0.590. The third kappa shape index (κ3) is 2.75. The first-order valence-corrected chi connectivity index (χ1v) is 7.41. The summed E-state index contributed by atoms with van der Waals surface area (Å²) in [7, 11) is -2.56. The van der Waals surface area contributed by atoms with Gasteiger partial charge in [0.1, 0.15) is 0 Å². The van der Waals surface area contributed by atoms with Crippen LogP contribution >= 0.6 is 7.29 Å². The van der Waals surface area contributed by atoms with E-state index in [1.165, 1.54) is 0 Å². The Labute approximate surface area is 98.9 Å². The molecule has 90 valence electrons. The van der Waals surface area contributed by atoms with Crippen molar-refractivity contribution in [2.45, 2.75) is 45.8 Å². The van der Waals surface area contributed by atoms with Gasteiger partial charge < -0.3 is 4.57 Å². The van der Waals surface area contributed by atoms with Gasteiger partial charge in [0.05, 0.1) is 0 Å². The number of benzene rings is 1. The standard InChI is InChI=1S/C13H22NOP/c1-11(2)14-16(15,13(3,4)5)12-9-7-6-8-10-12/h6-11H,1-5H3,(H,14,15)/t16-/m1/s1. The Morgan fingerprint density at radius 2 is 1.62 bits per heavy atom. The fourth-order valence-corrected chi connectivity index (χ4v) is 4.29. The molecule has 1 rings (SSSR count). The van der Waals surface area contributed by atoms with E-state index in [0.29, 0.717) is 0 Å². The molecule has 0 aliphatic carbocycles. The number of nitrogens with one attached hydrogen (secondary N) is 1. The smallest absolute Gasteiger partial charge is 0.181 e. The van der Waals surface area contributed by atoms with Crippen LogP contribution in [0.4, 0.5) is 0 Å². The van der Waals surface area contributed by atoms with Crippen molar-refractivity contribution in [3.05, 3.63) is 30.3 Å². The van der Waals surface area contributed by atoms with Crippen LogP contribution in [0.5, 0.6) is 0 Å². The van der Waals surface area contributed by atoms with Crippen molar-refractivity contribution in [1.29, 1.82) is 0 Å². The van der Waals surface area contributed by atoms with Gasteiger partial charge in [-0.3, -0.25) is 5.09 Å². The molecule has 1 atom stereocenters. The largest absolute Gasteiger partial charge is 0.301 e. The van der Waals surface area contributed by atoms with Crippen LogP contribution in [0.2, 0.25) is 0 Å². The normalized spacial score (nSPS) is 16.1.